The van der Waals surface area contributed by atoms with Crippen LogP contribution in [0.25, 0.3) is 0 Å². The Morgan fingerprint density at radius 1 is 1.47 bits per heavy atom. The molecule has 0 amide bonds. The molecule has 0 aromatic carbocycles. The van der Waals surface area contributed by atoms with Crippen LogP contribution in [-0.2, 0) is 0 Å². The van der Waals surface area contributed by atoms with Gasteiger partial charge in [0.15, 0.2) is 0 Å². The van der Waals surface area contributed by atoms with Gasteiger partial charge in [0, 0.05) is 17.8 Å². The summed E-state index contributed by atoms with van der Waals surface area (Å²) in [6.45, 7) is 8.21. The summed E-state index contributed by atoms with van der Waals surface area (Å²) in [4.78, 5) is 8.15. The highest BCUT2D eigenvalue weighted by molar-refractivity contribution is 5.11. The van der Waals surface area contributed by atoms with Crippen LogP contribution in [0.1, 0.15) is 34.1 Å². The van der Waals surface area contributed by atoms with E-state index in [0.29, 0.717) is 18.5 Å². The predicted octanol–water partition coefficient (Wildman–Crippen LogP) is 1.77. The Balaban J connectivity index is 2.60. The molecule has 0 fully saturated rings. The van der Waals surface area contributed by atoms with Crippen LogP contribution in [0.4, 0.5) is 0 Å². The van der Waals surface area contributed by atoms with Gasteiger partial charge in [0.2, 0.25) is 5.88 Å². The normalized spacial score (nSPS) is 14.5. The van der Waals surface area contributed by atoms with Crippen molar-refractivity contribution in [2.24, 2.45) is 5.73 Å². The summed E-state index contributed by atoms with van der Waals surface area (Å²) in [6, 6.07) is 2.00. The van der Waals surface area contributed by atoms with Crippen molar-refractivity contribution in [2.45, 2.75) is 45.8 Å². The molecule has 0 saturated heterocycles. The van der Waals surface area contributed by atoms with E-state index in [-0.39, 0.29) is 11.6 Å². The van der Waals surface area contributed by atoms with Crippen molar-refractivity contribution in [1.82, 2.24) is 9.97 Å². The van der Waals surface area contributed by atoms with Crippen LogP contribution in [0.15, 0.2) is 12.3 Å². The van der Waals surface area contributed by atoms with Crippen molar-refractivity contribution >= 4 is 0 Å². The van der Waals surface area contributed by atoms with E-state index in [0.717, 1.165) is 6.42 Å². The molecule has 0 bridgehead atoms. The fourth-order valence-electron chi connectivity index (χ4n) is 1.03. The predicted molar refractivity (Wildman–Crippen MR) is 66.2 cm³/mol. The Kier molecular flexibility index (Phi) is 4.69. The van der Waals surface area contributed by atoms with Crippen molar-refractivity contribution in [1.29, 1.82) is 0 Å². The van der Waals surface area contributed by atoms with Gasteiger partial charge >= 0.3 is 6.01 Å². The second-order valence-electron chi connectivity index (χ2n) is 4.64. The molecule has 0 spiro atoms. The average molecular weight is 239 g/mol. The minimum atomic E-state index is -0.363. The van der Waals surface area contributed by atoms with Crippen LogP contribution in [-0.4, -0.2) is 28.2 Å². The molecule has 0 aliphatic heterocycles. The molecule has 1 atom stereocenters. The lowest BCUT2D eigenvalue weighted by Gasteiger charge is -2.21. The molecule has 1 aromatic heterocycles. The van der Waals surface area contributed by atoms with E-state index in [1.165, 1.54) is 0 Å². The zero-order chi connectivity index (χ0) is 12.9. The highest BCUT2D eigenvalue weighted by atomic mass is 16.5. The first-order chi connectivity index (χ1) is 7.93. The third-order valence-corrected chi connectivity index (χ3v) is 2.30. The highest BCUT2D eigenvalue weighted by Gasteiger charge is 2.17. The van der Waals surface area contributed by atoms with E-state index in [9.17, 15) is 0 Å². The minimum Gasteiger partial charge on any atom is -0.475 e. The molecule has 96 valence electrons. The minimum absolute atomic E-state index is 0.0770. The van der Waals surface area contributed by atoms with E-state index in [2.05, 4.69) is 9.97 Å². The summed E-state index contributed by atoms with van der Waals surface area (Å²) in [6.07, 6.45) is 2.52. The molecule has 1 heterocycles. The Morgan fingerprint density at radius 2 is 2.18 bits per heavy atom. The van der Waals surface area contributed by atoms with Gasteiger partial charge in [-0.1, -0.05) is 6.92 Å². The van der Waals surface area contributed by atoms with E-state index >= 15 is 0 Å². The monoisotopic (exact) mass is 239 g/mol. The lowest BCUT2D eigenvalue weighted by Crippen LogP contribution is -2.41. The second kappa shape index (κ2) is 5.82. The first kappa shape index (κ1) is 13.7. The molecule has 2 N–H and O–H groups in total. The van der Waals surface area contributed by atoms with Crippen molar-refractivity contribution in [3.05, 3.63) is 12.3 Å². The molecule has 5 nitrogen and oxygen atoms in total. The topological polar surface area (TPSA) is 70.3 Å². The van der Waals surface area contributed by atoms with Crippen molar-refractivity contribution in [3.63, 3.8) is 0 Å². The van der Waals surface area contributed by atoms with Gasteiger partial charge in [-0.2, -0.15) is 4.98 Å². The van der Waals surface area contributed by atoms with Gasteiger partial charge in [0.05, 0.1) is 6.10 Å². The average Bonchev–Trinajstić information content (AvgIpc) is 2.26. The molecule has 1 rings (SSSR count). The van der Waals surface area contributed by atoms with Crippen molar-refractivity contribution < 1.29 is 9.47 Å². The number of ether oxygens (including phenoxy) is 2. The molecule has 0 saturated carbocycles. The quantitative estimate of drug-likeness (QED) is 0.819. The van der Waals surface area contributed by atoms with Crippen LogP contribution in [0.3, 0.4) is 0 Å². The third kappa shape index (κ3) is 4.99. The lowest BCUT2D eigenvalue weighted by molar-refractivity contribution is 0.198. The largest absolute Gasteiger partial charge is 0.475 e. The standard InChI is InChI=1S/C12H21N3O2/c1-5-12(4,13)8-16-11-14-7-6-10(15-11)17-9(2)3/h6-7,9H,5,8,13H2,1-4H3. The SMILES string of the molecule is CCC(C)(N)COc1nccc(OC(C)C)n1. The Bertz CT molecular complexity index is 353. The molecule has 17 heavy (non-hydrogen) atoms. The van der Waals surface area contributed by atoms with Gasteiger partial charge in [-0.3, -0.25) is 0 Å². The van der Waals surface area contributed by atoms with Gasteiger partial charge in [-0.25, -0.2) is 4.98 Å². The molecular formula is C12H21N3O2. The van der Waals surface area contributed by atoms with Crippen LogP contribution in [0, 0.1) is 0 Å². The van der Waals surface area contributed by atoms with Gasteiger partial charge in [0.1, 0.15) is 6.61 Å². The molecule has 1 unspecified atom stereocenters. The van der Waals surface area contributed by atoms with Gasteiger partial charge < -0.3 is 15.2 Å². The highest BCUT2D eigenvalue weighted by Crippen LogP contribution is 2.13. The smallest absolute Gasteiger partial charge is 0.319 e. The van der Waals surface area contributed by atoms with E-state index in [4.69, 9.17) is 15.2 Å². The van der Waals surface area contributed by atoms with E-state index in [1.54, 1.807) is 12.3 Å². The van der Waals surface area contributed by atoms with Crippen LogP contribution < -0.4 is 15.2 Å². The number of aromatic nitrogens is 2. The number of nitrogens with zero attached hydrogens (tertiary/aromatic N) is 2. The molecule has 0 aliphatic rings. The third-order valence-electron chi connectivity index (χ3n) is 2.30. The zero-order valence-electron chi connectivity index (χ0n) is 10.9. The van der Waals surface area contributed by atoms with Crippen LogP contribution >= 0.6 is 0 Å². The summed E-state index contributed by atoms with van der Waals surface area (Å²) in [7, 11) is 0. The number of rotatable bonds is 6. The zero-order valence-corrected chi connectivity index (χ0v) is 10.9. The summed E-state index contributed by atoms with van der Waals surface area (Å²) < 4.78 is 10.9. The number of hydrogen-bond donors (Lipinski definition) is 1. The van der Waals surface area contributed by atoms with Gasteiger partial charge in [0.25, 0.3) is 0 Å². The lowest BCUT2D eigenvalue weighted by atomic mass is 10.0. The molecule has 1 aromatic rings. The van der Waals surface area contributed by atoms with Crippen LogP contribution in [0.5, 0.6) is 11.9 Å². The Hall–Kier alpha value is -1.36. The van der Waals surface area contributed by atoms with Crippen molar-refractivity contribution in [2.75, 3.05) is 6.61 Å². The maximum Gasteiger partial charge on any atom is 0.319 e. The first-order valence-corrected chi connectivity index (χ1v) is 5.84. The molecule has 0 aliphatic carbocycles. The molecule has 0 radical (unpaired) electrons. The summed E-state index contributed by atoms with van der Waals surface area (Å²) in [5.74, 6) is 0.514. The molecular weight excluding hydrogens is 218 g/mol. The molecule has 5 heteroatoms. The van der Waals surface area contributed by atoms with Crippen LogP contribution in [0.2, 0.25) is 0 Å². The number of hydrogen-bond acceptors (Lipinski definition) is 5. The Morgan fingerprint density at radius 3 is 2.76 bits per heavy atom. The fraction of sp³-hybridized carbons (Fsp3) is 0.667. The summed E-state index contributed by atoms with van der Waals surface area (Å²) >= 11 is 0. The van der Waals surface area contributed by atoms with E-state index < -0.39 is 0 Å². The second-order valence-corrected chi connectivity index (χ2v) is 4.64. The van der Waals surface area contributed by atoms with Gasteiger partial charge in [-0.15, -0.1) is 0 Å². The maximum atomic E-state index is 5.97. The fourth-order valence-corrected chi connectivity index (χ4v) is 1.03. The van der Waals surface area contributed by atoms with Gasteiger partial charge in [-0.05, 0) is 27.2 Å². The Labute approximate surface area is 102 Å². The van der Waals surface area contributed by atoms with Crippen molar-refractivity contribution in [3.8, 4) is 11.9 Å². The first-order valence-electron chi connectivity index (χ1n) is 5.84. The number of nitrogens with two attached hydrogens (primary N) is 1. The van der Waals surface area contributed by atoms with E-state index in [1.807, 2.05) is 27.7 Å². The summed E-state index contributed by atoms with van der Waals surface area (Å²) in [5.41, 5.74) is 5.61. The summed E-state index contributed by atoms with van der Waals surface area (Å²) in [5, 5.41) is 0. The maximum absolute atomic E-state index is 5.97.